The van der Waals surface area contributed by atoms with Crippen LogP contribution in [-0.2, 0) is 4.74 Å². The molecule has 0 unspecified atom stereocenters. The normalized spacial score (nSPS) is 28.6. The first-order valence-electron chi connectivity index (χ1n) is 9.24. The quantitative estimate of drug-likeness (QED) is 0.744. The van der Waals surface area contributed by atoms with Crippen LogP contribution in [0.4, 0.5) is 0 Å². The highest BCUT2D eigenvalue weighted by molar-refractivity contribution is 6.31. The van der Waals surface area contributed by atoms with E-state index in [1.165, 1.54) is 0 Å². The van der Waals surface area contributed by atoms with Gasteiger partial charge in [0, 0.05) is 22.4 Å². The molecule has 2 aromatic carbocycles. The molecule has 2 heterocycles. The molecule has 27 heavy (non-hydrogen) atoms. The van der Waals surface area contributed by atoms with Gasteiger partial charge >= 0.3 is 5.97 Å². The van der Waals surface area contributed by atoms with Crippen LogP contribution in [0.5, 0.6) is 5.75 Å². The number of rotatable bonds is 2. The molecule has 142 valence electrons. The van der Waals surface area contributed by atoms with E-state index >= 15 is 0 Å². The number of hydrogen-bond donors (Lipinski definition) is 1. The lowest BCUT2D eigenvalue weighted by Crippen LogP contribution is -2.50. The SMILES string of the molecule is C[C@H]1O[C@@H]2c3ccc(C(=O)O)cc3OC(C)(C)[C@H]2C[C@@H]1c1ccccc1Cl. The van der Waals surface area contributed by atoms with Crippen molar-refractivity contribution in [2.75, 3.05) is 0 Å². The summed E-state index contributed by atoms with van der Waals surface area (Å²) in [5, 5.41) is 10.0. The average molecular weight is 387 g/mol. The van der Waals surface area contributed by atoms with Crippen molar-refractivity contribution in [1.82, 2.24) is 0 Å². The third kappa shape index (κ3) is 3.11. The van der Waals surface area contributed by atoms with E-state index in [2.05, 4.69) is 13.0 Å². The molecule has 0 amide bonds. The lowest BCUT2D eigenvalue weighted by Gasteiger charge is -2.50. The van der Waals surface area contributed by atoms with Crippen LogP contribution < -0.4 is 4.74 Å². The molecule has 0 bridgehead atoms. The van der Waals surface area contributed by atoms with Gasteiger partial charge in [-0.05, 0) is 51.0 Å². The van der Waals surface area contributed by atoms with Gasteiger partial charge in [0.05, 0.1) is 17.8 Å². The first-order chi connectivity index (χ1) is 12.8. The highest BCUT2D eigenvalue weighted by Gasteiger charge is 2.50. The number of benzene rings is 2. The van der Waals surface area contributed by atoms with Crippen molar-refractivity contribution in [3.63, 3.8) is 0 Å². The Labute approximate surface area is 164 Å². The van der Waals surface area contributed by atoms with Crippen LogP contribution >= 0.6 is 11.6 Å². The summed E-state index contributed by atoms with van der Waals surface area (Å²) >= 11 is 6.45. The smallest absolute Gasteiger partial charge is 0.335 e. The molecule has 0 aromatic heterocycles. The van der Waals surface area contributed by atoms with Gasteiger partial charge in [0.2, 0.25) is 0 Å². The van der Waals surface area contributed by atoms with E-state index in [1.54, 1.807) is 12.1 Å². The third-order valence-electron chi connectivity index (χ3n) is 5.94. The van der Waals surface area contributed by atoms with Crippen molar-refractivity contribution in [2.45, 2.75) is 50.9 Å². The largest absolute Gasteiger partial charge is 0.487 e. The molecule has 0 radical (unpaired) electrons. The Morgan fingerprint density at radius 1 is 1.19 bits per heavy atom. The third-order valence-corrected chi connectivity index (χ3v) is 6.28. The molecule has 4 rings (SSSR count). The van der Waals surface area contributed by atoms with Crippen LogP contribution in [-0.4, -0.2) is 22.8 Å². The zero-order valence-electron chi connectivity index (χ0n) is 15.6. The predicted octanol–water partition coefficient (Wildman–Crippen LogP) is 5.46. The standard InChI is InChI=1S/C22H23ClO4/c1-12-16(14-6-4-5-7-18(14)23)11-17-20(26-12)15-9-8-13(21(24)25)10-19(15)27-22(17,2)3/h4-10,12,16-17,20H,11H2,1-3H3,(H,24,25)/t12-,16+,17+,20-/m1/s1. The minimum atomic E-state index is -0.960. The second-order valence-corrected chi connectivity index (χ2v) is 8.40. The van der Waals surface area contributed by atoms with Gasteiger partial charge in [0.15, 0.2) is 0 Å². The molecule has 0 aliphatic carbocycles. The number of carboxylic acid groups (broad SMARTS) is 1. The summed E-state index contributed by atoms with van der Waals surface area (Å²) in [6, 6.07) is 13.0. The molecule has 5 heteroatoms. The fourth-order valence-corrected chi connectivity index (χ4v) is 4.73. The lowest BCUT2D eigenvalue weighted by molar-refractivity contribution is -0.153. The molecule has 4 nitrogen and oxygen atoms in total. The van der Waals surface area contributed by atoms with Crippen molar-refractivity contribution >= 4 is 17.6 Å². The summed E-state index contributed by atoms with van der Waals surface area (Å²) < 4.78 is 12.7. The molecule has 1 fully saturated rings. The van der Waals surface area contributed by atoms with Crippen LogP contribution in [0.2, 0.25) is 5.02 Å². The molecule has 2 aromatic rings. The second kappa shape index (κ2) is 6.54. The topological polar surface area (TPSA) is 55.8 Å². The second-order valence-electron chi connectivity index (χ2n) is 8.00. The zero-order valence-corrected chi connectivity index (χ0v) is 16.4. The van der Waals surface area contributed by atoms with Crippen LogP contribution in [0, 0.1) is 5.92 Å². The molecule has 2 aliphatic rings. The van der Waals surface area contributed by atoms with E-state index in [1.807, 2.05) is 38.1 Å². The highest BCUT2D eigenvalue weighted by Crippen LogP contribution is 2.54. The van der Waals surface area contributed by atoms with Crippen LogP contribution in [0.3, 0.4) is 0 Å². The van der Waals surface area contributed by atoms with Gasteiger partial charge in [-0.25, -0.2) is 4.79 Å². The fourth-order valence-electron chi connectivity index (χ4n) is 4.45. The predicted molar refractivity (Wildman–Crippen MR) is 104 cm³/mol. The lowest BCUT2D eigenvalue weighted by atomic mass is 9.70. The molecular weight excluding hydrogens is 364 g/mol. The van der Waals surface area contributed by atoms with Crippen LogP contribution in [0.1, 0.15) is 60.7 Å². The maximum atomic E-state index is 11.3. The van der Waals surface area contributed by atoms with Crippen molar-refractivity contribution in [2.24, 2.45) is 5.92 Å². The van der Waals surface area contributed by atoms with Crippen molar-refractivity contribution in [3.05, 3.63) is 64.2 Å². The number of hydrogen-bond acceptors (Lipinski definition) is 3. The van der Waals surface area contributed by atoms with Gasteiger partial charge in [0.1, 0.15) is 11.4 Å². The highest BCUT2D eigenvalue weighted by atomic mass is 35.5. The molecule has 0 saturated carbocycles. The molecular formula is C22H23ClO4. The molecule has 2 aliphatic heterocycles. The van der Waals surface area contributed by atoms with Crippen molar-refractivity contribution in [3.8, 4) is 5.75 Å². The van der Waals surface area contributed by atoms with Gasteiger partial charge in [-0.2, -0.15) is 0 Å². The summed E-state index contributed by atoms with van der Waals surface area (Å²) in [7, 11) is 0. The Morgan fingerprint density at radius 2 is 1.93 bits per heavy atom. The average Bonchev–Trinajstić information content (AvgIpc) is 2.61. The Hall–Kier alpha value is -2.04. The number of halogens is 1. The Bertz CT molecular complexity index is 892. The summed E-state index contributed by atoms with van der Waals surface area (Å²) in [5.74, 6) is -0.0385. The number of ether oxygens (including phenoxy) is 2. The number of carbonyl (C=O) groups is 1. The van der Waals surface area contributed by atoms with E-state index in [0.717, 1.165) is 22.6 Å². The Kier molecular flexibility index (Phi) is 4.44. The van der Waals surface area contributed by atoms with E-state index in [9.17, 15) is 9.90 Å². The molecule has 4 atom stereocenters. The summed E-state index contributed by atoms with van der Waals surface area (Å²) in [4.78, 5) is 11.3. The van der Waals surface area contributed by atoms with E-state index < -0.39 is 11.6 Å². The fraction of sp³-hybridized carbons (Fsp3) is 0.409. The molecule has 1 saturated heterocycles. The van der Waals surface area contributed by atoms with Gasteiger partial charge in [-0.15, -0.1) is 0 Å². The first-order valence-corrected chi connectivity index (χ1v) is 9.62. The van der Waals surface area contributed by atoms with E-state index in [-0.39, 0.29) is 29.6 Å². The summed E-state index contributed by atoms with van der Waals surface area (Å²) in [6.45, 7) is 6.17. The van der Waals surface area contributed by atoms with Gasteiger partial charge in [-0.3, -0.25) is 0 Å². The van der Waals surface area contributed by atoms with Gasteiger partial charge < -0.3 is 14.6 Å². The first kappa shape index (κ1) is 18.3. The van der Waals surface area contributed by atoms with Crippen molar-refractivity contribution < 1.29 is 19.4 Å². The Balaban J connectivity index is 1.72. The molecule has 0 spiro atoms. The maximum Gasteiger partial charge on any atom is 0.335 e. The minimum absolute atomic E-state index is 0.00736. The summed E-state index contributed by atoms with van der Waals surface area (Å²) in [6.07, 6.45) is 0.760. The minimum Gasteiger partial charge on any atom is -0.487 e. The van der Waals surface area contributed by atoms with Gasteiger partial charge in [0.25, 0.3) is 0 Å². The molecule has 1 N–H and O–H groups in total. The van der Waals surface area contributed by atoms with Gasteiger partial charge in [-0.1, -0.05) is 35.9 Å². The zero-order chi connectivity index (χ0) is 19.3. The maximum absolute atomic E-state index is 11.3. The number of carboxylic acids is 1. The summed E-state index contributed by atoms with van der Waals surface area (Å²) in [5.41, 5.74) is 1.77. The number of fused-ring (bicyclic) bond motifs is 3. The monoisotopic (exact) mass is 386 g/mol. The van der Waals surface area contributed by atoms with Crippen molar-refractivity contribution in [1.29, 1.82) is 0 Å². The van der Waals surface area contributed by atoms with Crippen LogP contribution in [0.25, 0.3) is 0 Å². The van der Waals surface area contributed by atoms with Crippen LogP contribution in [0.15, 0.2) is 42.5 Å². The number of aromatic carboxylic acids is 1. The Morgan fingerprint density at radius 3 is 2.63 bits per heavy atom. The van der Waals surface area contributed by atoms with E-state index in [0.29, 0.717) is 5.75 Å². The van der Waals surface area contributed by atoms with E-state index in [4.69, 9.17) is 21.1 Å².